The SMILES string of the molecule is CC(C)(C)Oc1cccc(Nc2nc(Nc3ccc(Cl)cc3)ncc2C(F)(F)F)c1. The Morgan fingerprint density at radius 2 is 1.63 bits per heavy atom. The van der Waals surface area contributed by atoms with Crippen molar-refractivity contribution in [1.29, 1.82) is 0 Å². The lowest BCUT2D eigenvalue weighted by molar-refractivity contribution is -0.137. The van der Waals surface area contributed by atoms with Crippen molar-refractivity contribution < 1.29 is 17.9 Å². The van der Waals surface area contributed by atoms with Crippen LogP contribution in [0.4, 0.5) is 36.3 Å². The van der Waals surface area contributed by atoms with Crippen LogP contribution >= 0.6 is 11.6 Å². The van der Waals surface area contributed by atoms with Gasteiger partial charge in [0.25, 0.3) is 0 Å². The molecule has 0 aliphatic carbocycles. The van der Waals surface area contributed by atoms with E-state index < -0.39 is 17.3 Å². The van der Waals surface area contributed by atoms with Gasteiger partial charge >= 0.3 is 6.18 Å². The van der Waals surface area contributed by atoms with Crippen LogP contribution in [-0.2, 0) is 6.18 Å². The molecule has 0 atom stereocenters. The molecule has 0 fully saturated rings. The normalized spacial score (nSPS) is 11.8. The van der Waals surface area contributed by atoms with Gasteiger partial charge in [0.15, 0.2) is 0 Å². The molecule has 158 valence electrons. The van der Waals surface area contributed by atoms with Gasteiger partial charge in [-0.3, -0.25) is 0 Å². The Balaban J connectivity index is 1.91. The summed E-state index contributed by atoms with van der Waals surface area (Å²) >= 11 is 5.85. The second kappa shape index (κ2) is 8.39. The Morgan fingerprint density at radius 1 is 0.933 bits per heavy atom. The van der Waals surface area contributed by atoms with Crippen LogP contribution in [0.5, 0.6) is 5.75 Å². The zero-order chi connectivity index (χ0) is 21.9. The molecular formula is C21H20ClF3N4O. The minimum absolute atomic E-state index is 0.00918. The number of hydrogen-bond acceptors (Lipinski definition) is 5. The van der Waals surface area contributed by atoms with Crippen LogP contribution in [0.3, 0.4) is 0 Å². The van der Waals surface area contributed by atoms with Crippen molar-refractivity contribution in [3.8, 4) is 5.75 Å². The maximum atomic E-state index is 13.5. The average Bonchev–Trinajstić information content (AvgIpc) is 2.62. The molecule has 30 heavy (non-hydrogen) atoms. The lowest BCUT2D eigenvalue weighted by Gasteiger charge is -2.22. The first-order valence-electron chi connectivity index (χ1n) is 9.02. The molecule has 1 aromatic heterocycles. The molecule has 0 aliphatic rings. The minimum Gasteiger partial charge on any atom is -0.488 e. The first-order valence-corrected chi connectivity index (χ1v) is 9.40. The van der Waals surface area contributed by atoms with Crippen molar-refractivity contribution in [2.75, 3.05) is 10.6 Å². The molecule has 0 radical (unpaired) electrons. The first kappa shape index (κ1) is 21.7. The highest BCUT2D eigenvalue weighted by molar-refractivity contribution is 6.30. The summed E-state index contributed by atoms with van der Waals surface area (Å²) in [5.41, 5.74) is -0.435. The van der Waals surface area contributed by atoms with Gasteiger partial charge in [-0.2, -0.15) is 18.2 Å². The van der Waals surface area contributed by atoms with Gasteiger partial charge < -0.3 is 15.4 Å². The molecular weight excluding hydrogens is 417 g/mol. The van der Waals surface area contributed by atoms with Crippen molar-refractivity contribution in [3.63, 3.8) is 0 Å². The van der Waals surface area contributed by atoms with E-state index >= 15 is 0 Å². The fourth-order valence-electron chi connectivity index (χ4n) is 2.53. The molecule has 0 saturated heterocycles. The number of hydrogen-bond donors (Lipinski definition) is 2. The van der Waals surface area contributed by atoms with Gasteiger partial charge in [-0.1, -0.05) is 17.7 Å². The van der Waals surface area contributed by atoms with Gasteiger partial charge in [-0.25, -0.2) is 4.98 Å². The largest absolute Gasteiger partial charge is 0.488 e. The second-order valence-corrected chi connectivity index (χ2v) is 7.89. The maximum Gasteiger partial charge on any atom is 0.421 e. The molecule has 0 spiro atoms. The zero-order valence-electron chi connectivity index (χ0n) is 16.5. The molecule has 0 amide bonds. The summed E-state index contributed by atoms with van der Waals surface area (Å²) in [4.78, 5) is 7.82. The summed E-state index contributed by atoms with van der Waals surface area (Å²) in [6, 6.07) is 13.3. The van der Waals surface area contributed by atoms with Crippen LogP contribution in [0.15, 0.2) is 54.7 Å². The zero-order valence-corrected chi connectivity index (χ0v) is 17.3. The van der Waals surface area contributed by atoms with E-state index in [-0.39, 0.29) is 11.8 Å². The van der Waals surface area contributed by atoms with Gasteiger partial charge in [0.05, 0.1) is 0 Å². The van der Waals surface area contributed by atoms with E-state index in [1.807, 2.05) is 20.8 Å². The van der Waals surface area contributed by atoms with Gasteiger partial charge in [-0.05, 0) is 57.2 Å². The number of aromatic nitrogens is 2. The molecule has 0 unspecified atom stereocenters. The summed E-state index contributed by atoms with van der Waals surface area (Å²) < 4.78 is 46.2. The van der Waals surface area contributed by atoms with Crippen LogP contribution < -0.4 is 15.4 Å². The number of benzene rings is 2. The molecule has 3 rings (SSSR count). The van der Waals surface area contributed by atoms with Crippen molar-refractivity contribution in [2.45, 2.75) is 32.5 Å². The monoisotopic (exact) mass is 436 g/mol. The summed E-state index contributed by atoms with van der Waals surface area (Å²) in [5.74, 6) is 0.159. The molecule has 0 saturated carbocycles. The quantitative estimate of drug-likeness (QED) is 0.460. The summed E-state index contributed by atoms with van der Waals surface area (Å²) in [7, 11) is 0. The van der Waals surface area contributed by atoms with Gasteiger partial charge in [0.1, 0.15) is 22.7 Å². The summed E-state index contributed by atoms with van der Waals surface area (Å²) in [6.07, 6.45) is -3.89. The van der Waals surface area contributed by atoms with E-state index in [0.29, 0.717) is 22.1 Å². The molecule has 0 bridgehead atoms. The number of ether oxygens (including phenoxy) is 1. The third-order valence-corrected chi connectivity index (χ3v) is 3.97. The Bertz CT molecular complexity index is 1020. The lowest BCUT2D eigenvalue weighted by atomic mass is 10.2. The molecule has 0 aliphatic heterocycles. The lowest BCUT2D eigenvalue weighted by Crippen LogP contribution is -2.22. The van der Waals surface area contributed by atoms with Crippen LogP contribution in [0.1, 0.15) is 26.3 Å². The molecule has 2 N–H and O–H groups in total. The highest BCUT2D eigenvalue weighted by atomic mass is 35.5. The Hall–Kier alpha value is -3.00. The number of alkyl halides is 3. The van der Waals surface area contributed by atoms with E-state index in [1.54, 1.807) is 48.5 Å². The summed E-state index contributed by atoms with van der Waals surface area (Å²) in [6.45, 7) is 5.65. The Morgan fingerprint density at radius 3 is 2.27 bits per heavy atom. The van der Waals surface area contributed by atoms with Crippen molar-refractivity contribution in [3.05, 3.63) is 65.3 Å². The topological polar surface area (TPSA) is 59.1 Å². The van der Waals surface area contributed by atoms with Crippen LogP contribution in [0, 0.1) is 0 Å². The van der Waals surface area contributed by atoms with E-state index in [4.69, 9.17) is 16.3 Å². The van der Waals surface area contributed by atoms with E-state index in [9.17, 15) is 13.2 Å². The first-order chi connectivity index (χ1) is 14.0. The smallest absolute Gasteiger partial charge is 0.421 e. The predicted octanol–water partition coefficient (Wildman–Crippen LogP) is 6.81. The van der Waals surface area contributed by atoms with Crippen molar-refractivity contribution in [2.24, 2.45) is 0 Å². The number of nitrogens with zero attached hydrogens (tertiary/aromatic N) is 2. The van der Waals surface area contributed by atoms with E-state index in [1.165, 1.54) is 0 Å². The molecule has 3 aromatic rings. The fourth-order valence-corrected chi connectivity index (χ4v) is 2.66. The Kier molecular flexibility index (Phi) is 6.07. The number of anilines is 4. The van der Waals surface area contributed by atoms with Crippen LogP contribution in [-0.4, -0.2) is 15.6 Å². The van der Waals surface area contributed by atoms with Crippen LogP contribution in [0.25, 0.3) is 0 Å². The van der Waals surface area contributed by atoms with Crippen molar-refractivity contribution >= 4 is 34.7 Å². The number of rotatable bonds is 5. The maximum absolute atomic E-state index is 13.5. The molecule has 1 heterocycles. The summed E-state index contributed by atoms with van der Waals surface area (Å²) in [5, 5.41) is 6.13. The third kappa shape index (κ3) is 6.00. The third-order valence-electron chi connectivity index (χ3n) is 3.72. The van der Waals surface area contributed by atoms with Gasteiger partial charge in [-0.15, -0.1) is 0 Å². The fraction of sp³-hybridized carbons (Fsp3) is 0.238. The standard InChI is InChI=1S/C21H20ClF3N4O/c1-20(2,3)30-16-6-4-5-15(11-16)27-18-17(21(23,24)25)12-26-19(29-18)28-14-9-7-13(22)8-10-14/h4-12H,1-3H3,(H2,26,27,28,29). The van der Waals surface area contributed by atoms with Crippen LogP contribution in [0.2, 0.25) is 5.02 Å². The molecule has 2 aromatic carbocycles. The molecule has 9 heteroatoms. The number of nitrogens with one attached hydrogen (secondary N) is 2. The average molecular weight is 437 g/mol. The Labute approximate surface area is 177 Å². The predicted molar refractivity (Wildman–Crippen MR) is 112 cm³/mol. The second-order valence-electron chi connectivity index (χ2n) is 7.45. The minimum atomic E-state index is -4.62. The number of halogens is 4. The van der Waals surface area contributed by atoms with Crippen molar-refractivity contribution in [1.82, 2.24) is 9.97 Å². The molecule has 5 nitrogen and oxygen atoms in total. The van der Waals surface area contributed by atoms with E-state index in [0.717, 1.165) is 6.20 Å². The highest BCUT2D eigenvalue weighted by Crippen LogP contribution is 2.36. The van der Waals surface area contributed by atoms with Gasteiger partial charge in [0.2, 0.25) is 5.95 Å². The highest BCUT2D eigenvalue weighted by Gasteiger charge is 2.35. The van der Waals surface area contributed by atoms with E-state index in [2.05, 4.69) is 20.6 Å². The van der Waals surface area contributed by atoms with Gasteiger partial charge in [0, 0.05) is 28.7 Å².